The second kappa shape index (κ2) is 9.97. The molecule has 1 amide bonds. The summed E-state index contributed by atoms with van der Waals surface area (Å²) in [6.45, 7) is 5.25. The van der Waals surface area contributed by atoms with Crippen molar-refractivity contribution in [1.29, 1.82) is 0 Å². The zero-order chi connectivity index (χ0) is 22.4. The monoisotopic (exact) mass is 439 g/mol. The molecule has 0 saturated carbocycles. The molecule has 0 spiro atoms. The number of amides is 1. The maximum absolute atomic E-state index is 14.0. The molecule has 0 fully saturated rings. The Labute approximate surface area is 188 Å². The smallest absolute Gasteiger partial charge is 0.263 e. The highest BCUT2D eigenvalue weighted by molar-refractivity contribution is 6.30. The molecule has 0 saturated heterocycles. The molecule has 0 bridgehead atoms. The SMILES string of the molecule is CC(NC(=O)C(C)(C)Oc1ccccc1F)C(Cc1ccc(Cl)cc1)c1ccccc1. The van der Waals surface area contributed by atoms with Crippen molar-refractivity contribution in [2.45, 2.75) is 44.8 Å². The van der Waals surface area contributed by atoms with Crippen molar-refractivity contribution in [3.8, 4) is 5.75 Å². The number of nitrogens with one attached hydrogen (secondary N) is 1. The minimum atomic E-state index is -1.24. The van der Waals surface area contributed by atoms with Crippen molar-refractivity contribution < 1.29 is 13.9 Å². The lowest BCUT2D eigenvalue weighted by molar-refractivity contribution is -0.135. The zero-order valence-electron chi connectivity index (χ0n) is 17.9. The molecule has 0 aliphatic heterocycles. The van der Waals surface area contributed by atoms with Gasteiger partial charge in [0, 0.05) is 17.0 Å². The van der Waals surface area contributed by atoms with E-state index in [2.05, 4.69) is 17.4 Å². The van der Waals surface area contributed by atoms with Gasteiger partial charge in [0.15, 0.2) is 17.2 Å². The number of carbonyl (C=O) groups is 1. The minimum Gasteiger partial charge on any atom is -0.475 e. The molecular formula is C26H27ClFNO2. The topological polar surface area (TPSA) is 38.3 Å². The summed E-state index contributed by atoms with van der Waals surface area (Å²) < 4.78 is 19.7. The first-order valence-corrected chi connectivity index (χ1v) is 10.7. The van der Waals surface area contributed by atoms with Gasteiger partial charge in [-0.25, -0.2) is 4.39 Å². The Kier molecular flexibility index (Phi) is 7.34. The average molecular weight is 440 g/mol. The molecule has 0 aliphatic carbocycles. The van der Waals surface area contributed by atoms with Crippen molar-refractivity contribution in [3.05, 3.63) is 101 Å². The number of halogens is 2. The van der Waals surface area contributed by atoms with E-state index in [1.807, 2.05) is 49.4 Å². The third-order valence-corrected chi connectivity index (χ3v) is 5.56. The number of para-hydroxylation sites is 1. The van der Waals surface area contributed by atoms with Gasteiger partial charge in [0.25, 0.3) is 5.91 Å². The first kappa shape index (κ1) is 22.8. The molecule has 1 N–H and O–H groups in total. The van der Waals surface area contributed by atoms with Crippen molar-refractivity contribution in [3.63, 3.8) is 0 Å². The molecule has 0 heterocycles. The van der Waals surface area contributed by atoms with Crippen molar-refractivity contribution in [1.82, 2.24) is 5.32 Å². The van der Waals surface area contributed by atoms with Crippen LogP contribution in [0, 0.1) is 5.82 Å². The van der Waals surface area contributed by atoms with Gasteiger partial charge in [0.05, 0.1) is 0 Å². The van der Waals surface area contributed by atoms with Crippen LogP contribution in [0.25, 0.3) is 0 Å². The van der Waals surface area contributed by atoms with Crippen molar-refractivity contribution >= 4 is 17.5 Å². The van der Waals surface area contributed by atoms with Crippen LogP contribution in [0.15, 0.2) is 78.9 Å². The summed E-state index contributed by atoms with van der Waals surface area (Å²) in [4.78, 5) is 13.0. The summed E-state index contributed by atoms with van der Waals surface area (Å²) >= 11 is 6.03. The molecule has 3 aromatic carbocycles. The Hall–Kier alpha value is -2.85. The van der Waals surface area contributed by atoms with E-state index >= 15 is 0 Å². The van der Waals surface area contributed by atoms with E-state index in [1.54, 1.807) is 26.0 Å². The van der Waals surface area contributed by atoms with Crippen LogP contribution >= 0.6 is 11.6 Å². The summed E-state index contributed by atoms with van der Waals surface area (Å²) in [5.74, 6) is -0.715. The summed E-state index contributed by atoms with van der Waals surface area (Å²) in [6, 6.07) is 23.7. The van der Waals surface area contributed by atoms with E-state index in [0.717, 1.165) is 17.5 Å². The Morgan fingerprint density at radius 1 is 1.00 bits per heavy atom. The van der Waals surface area contributed by atoms with Crippen LogP contribution < -0.4 is 10.1 Å². The van der Waals surface area contributed by atoms with Crippen LogP contribution in [-0.2, 0) is 11.2 Å². The van der Waals surface area contributed by atoms with Gasteiger partial charge in [-0.15, -0.1) is 0 Å². The van der Waals surface area contributed by atoms with Crippen LogP contribution in [0.1, 0.15) is 37.8 Å². The zero-order valence-corrected chi connectivity index (χ0v) is 18.7. The molecule has 2 atom stereocenters. The normalized spacial score (nSPS) is 13.3. The molecule has 162 valence electrons. The third kappa shape index (κ3) is 6.08. The molecule has 0 aliphatic rings. The van der Waals surface area contributed by atoms with Crippen LogP contribution in [-0.4, -0.2) is 17.6 Å². The average Bonchev–Trinajstić information content (AvgIpc) is 2.75. The van der Waals surface area contributed by atoms with Crippen LogP contribution in [0.4, 0.5) is 4.39 Å². The lowest BCUT2D eigenvalue weighted by atomic mass is 9.86. The van der Waals surface area contributed by atoms with E-state index in [4.69, 9.17) is 16.3 Å². The lowest BCUT2D eigenvalue weighted by Gasteiger charge is -2.31. The molecule has 0 radical (unpaired) electrons. The Balaban J connectivity index is 1.77. The van der Waals surface area contributed by atoms with Gasteiger partial charge in [0.2, 0.25) is 0 Å². The third-order valence-electron chi connectivity index (χ3n) is 5.31. The number of benzene rings is 3. The Morgan fingerprint density at radius 2 is 1.61 bits per heavy atom. The maximum Gasteiger partial charge on any atom is 0.263 e. The number of hydrogen-bond donors (Lipinski definition) is 1. The predicted octanol–water partition coefficient (Wildman–Crippen LogP) is 6.17. The van der Waals surface area contributed by atoms with Crippen molar-refractivity contribution in [2.24, 2.45) is 0 Å². The summed E-state index contributed by atoms with van der Waals surface area (Å²) in [6.07, 6.45) is 0.733. The molecule has 3 rings (SSSR count). The van der Waals surface area contributed by atoms with Gasteiger partial charge in [-0.1, -0.05) is 66.2 Å². The number of hydrogen-bond acceptors (Lipinski definition) is 2. The highest BCUT2D eigenvalue weighted by Crippen LogP contribution is 2.27. The van der Waals surface area contributed by atoms with Gasteiger partial charge in [0.1, 0.15) is 0 Å². The standard InChI is InChI=1S/C26H27ClFNO2/c1-18(29-25(30)26(2,3)31-24-12-8-7-11-23(24)28)22(20-9-5-4-6-10-20)17-19-13-15-21(27)16-14-19/h4-16,18,22H,17H2,1-3H3,(H,29,30). The second-order valence-corrected chi connectivity index (χ2v) is 8.59. The predicted molar refractivity (Wildman–Crippen MR) is 123 cm³/mol. The lowest BCUT2D eigenvalue weighted by Crippen LogP contribution is -2.51. The van der Waals surface area contributed by atoms with E-state index < -0.39 is 11.4 Å². The maximum atomic E-state index is 14.0. The summed E-state index contributed by atoms with van der Waals surface area (Å²) in [5, 5.41) is 3.77. The second-order valence-electron chi connectivity index (χ2n) is 8.15. The summed E-state index contributed by atoms with van der Waals surface area (Å²) in [7, 11) is 0. The van der Waals surface area contributed by atoms with Crippen LogP contribution in [0.5, 0.6) is 5.75 Å². The van der Waals surface area contributed by atoms with Gasteiger partial charge in [-0.3, -0.25) is 4.79 Å². The largest absolute Gasteiger partial charge is 0.475 e. The van der Waals surface area contributed by atoms with Gasteiger partial charge < -0.3 is 10.1 Å². The Bertz CT molecular complexity index is 1010. The molecule has 31 heavy (non-hydrogen) atoms. The number of ether oxygens (including phenoxy) is 1. The minimum absolute atomic E-state index is 0.0376. The molecule has 0 aromatic heterocycles. The fourth-order valence-corrected chi connectivity index (χ4v) is 3.61. The van der Waals surface area contributed by atoms with Gasteiger partial charge in [-0.05, 0) is 62.6 Å². The molecular weight excluding hydrogens is 413 g/mol. The molecule has 3 aromatic rings. The van der Waals surface area contributed by atoms with E-state index in [1.165, 1.54) is 12.1 Å². The van der Waals surface area contributed by atoms with Gasteiger partial charge >= 0.3 is 0 Å². The highest BCUT2D eigenvalue weighted by Gasteiger charge is 2.33. The van der Waals surface area contributed by atoms with Gasteiger partial charge in [-0.2, -0.15) is 0 Å². The molecule has 5 heteroatoms. The van der Waals surface area contributed by atoms with Crippen LogP contribution in [0.2, 0.25) is 5.02 Å². The number of carbonyl (C=O) groups excluding carboxylic acids is 1. The first-order valence-electron chi connectivity index (χ1n) is 10.3. The van der Waals surface area contributed by atoms with E-state index in [0.29, 0.717) is 5.02 Å². The summed E-state index contributed by atoms with van der Waals surface area (Å²) in [5.41, 5.74) is 1.01. The first-order chi connectivity index (χ1) is 14.8. The van der Waals surface area contributed by atoms with Crippen LogP contribution in [0.3, 0.4) is 0 Å². The number of rotatable bonds is 8. The Morgan fingerprint density at radius 3 is 2.26 bits per heavy atom. The molecule has 2 unspecified atom stereocenters. The quantitative estimate of drug-likeness (QED) is 0.456. The highest BCUT2D eigenvalue weighted by atomic mass is 35.5. The fraction of sp³-hybridized carbons (Fsp3) is 0.269. The molecule has 3 nitrogen and oxygen atoms in total. The van der Waals surface area contributed by atoms with E-state index in [9.17, 15) is 9.18 Å². The van der Waals surface area contributed by atoms with Crippen molar-refractivity contribution in [2.75, 3.05) is 0 Å². The fourth-order valence-electron chi connectivity index (χ4n) is 3.49. The van der Waals surface area contributed by atoms with E-state index in [-0.39, 0.29) is 23.6 Å².